The topological polar surface area (TPSA) is 78.4 Å². The van der Waals surface area contributed by atoms with E-state index in [9.17, 15) is 14.7 Å². The van der Waals surface area contributed by atoms with Crippen molar-refractivity contribution in [1.29, 1.82) is 0 Å². The molecule has 0 aliphatic carbocycles. The van der Waals surface area contributed by atoms with Crippen LogP contribution in [0.15, 0.2) is 61.2 Å². The highest BCUT2D eigenvalue weighted by Crippen LogP contribution is 2.30. The Morgan fingerprint density at radius 3 is 2.17 bits per heavy atom. The maximum atomic E-state index is 11.9. The van der Waals surface area contributed by atoms with Crippen molar-refractivity contribution in [2.24, 2.45) is 0 Å². The lowest BCUT2D eigenvalue weighted by Crippen LogP contribution is -2.49. The van der Waals surface area contributed by atoms with Crippen molar-refractivity contribution in [3.05, 3.63) is 77.9 Å². The van der Waals surface area contributed by atoms with Gasteiger partial charge in [-0.1, -0.05) is 61.2 Å². The molecule has 0 aromatic heterocycles. The molecule has 3 rings (SSSR count). The molecule has 1 aliphatic rings. The predicted molar refractivity (Wildman–Crippen MR) is 91.1 cm³/mol. The molecule has 2 unspecified atom stereocenters. The summed E-state index contributed by atoms with van der Waals surface area (Å²) in [5.41, 5.74) is 1.96. The molecule has 5 heteroatoms. The average molecular weight is 322 g/mol. The molecule has 0 bridgehead atoms. The molecule has 1 heterocycles. The van der Waals surface area contributed by atoms with Crippen LogP contribution in [-0.4, -0.2) is 22.6 Å². The van der Waals surface area contributed by atoms with E-state index in [1.165, 1.54) is 6.92 Å². The number of nitrogens with one attached hydrogen (secondary N) is 2. The van der Waals surface area contributed by atoms with Gasteiger partial charge in [0.15, 0.2) is 0 Å². The van der Waals surface area contributed by atoms with Gasteiger partial charge in [0.2, 0.25) is 0 Å². The summed E-state index contributed by atoms with van der Waals surface area (Å²) in [7, 11) is 0. The summed E-state index contributed by atoms with van der Waals surface area (Å²) in [6, 6.07) is 16.3. The minimum absolute atomic E-state index is 0.541. The van der Waals surface area contributed by atoms with Crippen LogP contribution in [0.3, 0.4) is 0 Å². The van der Waals surface area contributed by atoms with Gasteiger partial charge in [-0.05, 0) is 29.2 Å². The van der Waals surface area contributed by atoms with Crippen LogP contribution in [0.2, 0.25) is 0 Å². The molecule has 5 nitrogen and oxygen atoms in total. The van der Waals surface area contributed by atoms with Crippen molar-refractivity contribution in [3.8, 4) is 0 Å². The Morgan fingerprint density at radius 2 is 1.62 bits per heavy atom. The fourth-order valence-electron chi connectivity index (χ4n) is 2.76. The Labute approximate surface area is 140 Å². The highest BCUT2D eigenvalue weighted by Gasteiger charge is 2.48. The van der Waals surface area contributed by atoms with Crippen LogP contribution < -0.4 is 10.6 Å². The molecular weight excluding hydrogens is 304 g/mol. The third kappa shape index (κ3) is 2.70. The standard InChI is InChI=1S/C19H18N2O3/c1-12(13-6-4-3-5-7-13)14-8-10-15(11-9-14)16(22)19(2)17(23)20-18(24)21-19/h3-11,16,22H,1H2,2H3,(H2,20,21,23,24). The van der Waals surface area contributed by atoms with Crippen molar-refractivity contribution < 1.29 is 14.7 Å². The van der Waals surface area contributed by atoms with Gasteiger partial charge in [-0.2, -0.15) is 0 Å². The molecule has 0 spiro atoms. The molecule has 3 N–H and O–H groups in total. The number of carbonyl (C=O) groups excluding carboxylic acids is 2. The molecule has 2 atom stereocenters. The Kier molecular flexibility index (Phi) is 3.95. The van der Waals surface area contributed by atoms with E-state index in [1.54, 1.807) is 12.1 Å². The third-order valence-corrected chi connectivity index (χ3v) is 4.32. The van der Waals surface area contributed by atoms with E-state index in [0.717, 1.165) is 16.7 Å². The second kappa shape index (κ2) is 5.94. The van der Waals surface area contributed by atoms with E-state index in [4.69, 9.17) is 0 Å². The number of hydrogen-bond acceptors (Lipinski definition) is 3. The van der Waals surface area contributed by atoms with Crippen molar-refractivity contribution in [1.82, 2.24) is 10.6 Å². The second-order valence-corrected chi connectivity index (χ2v) is 5.98. The summed E-state index contributed by atoms with van der Waals surface area (Å²) in [6.07, 6.45) is -1.15. The monoisotopic (exact) mass is 322 g/mol. The molecular formula is C19H18N2O3. The van der Waals surface area contributed by atoms with Crippen LogP contribution in [-0.2, 0) is 4.79 Å². The zero-order chi connectivity index (χ0) is 17.3. The highest BCUT2D eigenvalue weighted by atomic mass is 16.3. The number of urea groups is 1. The average Bonchev–Trinajstić information content (AvgIpc) is 2.87. The first kappa shape index (κ1) is 16.0. The van der Waals surface area contributed by atoms with Gasteiger partial charge in [0.25, 0.3) is 5.91 Å². The Morgan fingerprint density at radius 1 is 1.04 bits per heavy atom. The summed E-state index contributed by atoms with van der Waals surface area (Å²) in [5.74, 6) is -0.544. The number of amides is 3. The fourth-order valence-corrected chi connectivity index (χ4v) is 2.76. The molecule has 1 aliphatic heterocycles. The zero-order valence-electron chi connectivity index (χ0n) is 13.2. The number of aliphatic hydroxyl groups excluding tert-OH is 1. The molecule has 3 amide bonds. The Hall–Kier alpha value is -2.92. The van der Waals surface area contributed by atoms with E-state index >= 15 is 0 Å². The summed E-state index contributed by atoms with van der Waals surface area (Å²) in [6.45, 7) is 5.59. The van der Waals surface area contributed by atoms with Gasteiger partial charge in [-0.15, -0.1) is 0 Å². The van der Waals surface area contributed by atoms with E-state index in [1.807, 2.05) is 42.5 Å². The van der Waals surface area contributed by atoms with Crippen LogP contribution in [0.1, 0.15) is 29.7 Å². The minimum atomic E-state index is -1.38. The van der Waals surface area contributed by atoms with Crippen LogP contribution in [0.4, 0.5) is 4.79 Å². The molecule has 122 valence electrons. The van der Waals surface area contributed by atoms with Gasteiger partial charge in [-0.25, -0.2) is 4.79 Å². The van der Waals surface area contributed by atoms with Gasteiger partial charge < -0.3 is 10.4 Å². The maximum Gasteiger partial charge on any atom is 0.322 e. The Balaban J connectivity index is 1.83. The molecule has 2 aromatic carbocycles. The lowest BCUT2D eigenvalue weighted by Gasteiger charge is -2.27. The number of imide groups is 1. The highest BCUT2D eigenvalue weighted by molar-refractivity contribution is 6.07. The van der Waals surface area contributed by atoms with Crippen LogP contribution >= 0.6 is 0 Å². The molecule has 1 saturated heterocycles. The number of aliphatic hydroxyl groups is 1. The van der Waals surface area contributed by atoms with Crippen LogP contribution in [0.25, 0.3) is 5.57 Å². The summed E-state index contributed by atoms with van der Waals surface area (Å²) in [5, 5.41) is 15.1. The van der Waals surface area contributed by atoms with Crippen molar-refractivity contribution in [2.75, 3.05) is 0 Å². The smallest absolute Gasteiger partial charge is 0.322 e. The fraction of sp³-hybridized carbons (Fsp3) is 0.158. The van der Waals surface area contributed by atoms with E-state index in [-0.39, 0.29) is 0 Å². The quantitative estimate of drug-likeness (QED) is 0.756. The summed E-state index contributed by atoms with van der Waals surface area (Å²) >= 11 is 0. The van der Waals surface area contributed by atoms with Gasteiger partial charge in [0.1, 0.15) is 11.6 Å². The number of carbonyl (C=O) groups is 2. The first-order valence-electron chi connectivity index (χ1n) is 7.58. The van der Waals surface area contributed by atoms with Crippen molar-refractivity contribution in [2.45, 2.75) is 18.6 Å². The lowest BCUT2D eigenvalue weighted by molar-refractivity contribution is -0.127. The van der Waals surface area contributed by atoms with Crippen molar-refractivity contribution in [3.63, 3.8) is 0 Å². The SMILES string of the molecule is C=C(c1ccccc1)c1ccc(C(O)C2(C)NC(=O)NC2=O)cc1. The first-order chi connectivity index (χ1) is 11.4. The normalized spacial score (nSPS) is 21.1. The largest absolute Gasteiger partial charge is 0.385 e. The minimum Gasteiger partial charge on any atom is -0.385 e. The van der Waals surface area contributed by atoms with Crippen LogP contribution in [0, 0.1) is 0 Å². The van der Waals surface area contributed by atoms with Gasteiger partial charge in [-0.3, -0.25) is 10.1 Å². The van der Waals surface area contributed by atoms with Gasteiger partial charge in [0, 0.05) is 0 Å². The van der Waals surface area contributed by atoms with Gasteiger partial charge in [0.05, 0.1) is 0 Å². The molecule has 0 saturated carbocycles. The Bertz CT molecular complexity index is 799. The zero-order valence-corrected chi connectivity index (χ0v) is 13.2. The predicted octanol–water partition coefficient (Wildman–Crippen LogP) is 2.38. The van der Waals surface area contributed by atoms with Gasteiger partial charge >= 0.3 is 6.03 Å². The lowest BCUT2D eigenvalue weighted by atomic mass is 9.88. The van der Waals surface area contributed by atoms with Crippen LogP contribution in [0.5, 0.6) is 0 Å². The molecule has 1 fully saturated rings. The van der Waals surface area contributed by atoms with E-state index in [2.05, 4.69) is 17.2 Å². The first-order valence-corrected chi connectivity index (χ1v) is 7.58. The van der Waals surface area contributed by atoms with E-state index in [0.29, 0.717) is 5.56 Å². The number of hydrogen-bond donors (Lipinski definition) is 3. The molecule has 2 aromatic rings. The van der Waals surface area contributed by atoms with E-state index < -0.39 is 23.6 Å². The third-order valence-electron chi connectivity index (χ3n) is 4.32. The molecule has 0 radical (unpaired) electrons. The summed E-state index contributed by atoms with van der Waals surface area (Å²) in [4.78, 5) is 23.3. The maximum absolute atomic E-state index is 11.9. The number of rotatable bonds is 4. The number of benzene rings is 2. The molecule has 24 heavy (non-hydrogen) atoms. The summed E-state index contributed by atoms with van der Waals surface area (Å²) < 4.78 is 0. The van der Waals surface area contributed by atoms with Crippen molar-refractivity contribution >= 4 is 17.5 Å². The second-order valence-electron chi connectivity index (χ2n) is 5.98.